The van der Waals surface area contributed by atoms with E-state index in [1.807, 2.05) is 6.07 Å². The maximum Gasteiger partial charge on any atom is 0.120 e. The van der Waals surface area contributed by atoms with Gasteiger partial charge in [-0.3, -0.25) is 0 Å². The first kappa shape index (κ1) is 12.9. The van der Waals surface area contributed by atoms with Crippen molar-refractivity contribution in [1.82, 2.24) is 5.32 Å². The van der Waals surface area contributed by atoms with E-state index >= 15 is 0 Å². The molecule has 1 heterocycles. The summed E-state index contributed by atoms with van der Waals surface area (Å²) in [6.45, 7) is 4.30. The Hall–Kier alpha value is -1.58. The van der Waals surface area contributed by atoms with Crippen molar-refractivity contribution in [3.63, 3.8) is 0 Å². The van der Waals surface area contributed by atoms with Gasteiger partial charge < -0.3 is 14.5 Å². The van der Waals surface area contributed by atoms with Gasteiger partial charge in [0, 0.05) is 13.7 Å². The smallest absolute Gasteiger partial charge is 0.120 e. The Morgan fingerprint density at radius 3 is 2.72 bits per heavy atom. The van der Waals surface area contributed by atoms with Gasteiger partial charge in [-0.1, -0.05) is 24.3 Å². The predicted molar refractivity (Wildman–Crippen MR) is 71.1 cm³/mol. The number of nitrogens with one attached hydrogen (secondary N) is 1. The SMILES string of the molecule is COCc1cccc(CNCc2occc2C)c1. The third-order valence-corrected chi connectivity index (χ3v) is 2.89. The van der Waals surface area contributed by atoms with Crippen LogP contribution in [-0.4, -0.2) is 7.11 Å². The minimum Gasteiger partial charge on any atom is -0.468 e. The van der Waals surface area contributed by atoms with Gasteiger partial charge in [0.05, 0.1) is 19.4 Å². The van der Waals surface area contributed by atoms with Crippen molar-refractivity contribution >= 4 is 0 Å². The fraction of sp³-hybridized carbons (Fsp3) is 0.333. The lowest BCUT2D eigenvalue weighted by molar-refractivity contribution is 0.185. The molecule has 1 N–H and O–H groups in total. The van der Waals surface area contributed by atoms with E-state index in [0.717, 1.165) is 18.8 Å². The molecular weight excluding hydrogens is 226 g/mol. The number of hydrogen-bond donors (Lipinski definition) is 1. The summed E-state index contributed by atoms with van der Waals surface area (Å²) >= 11 is 0. The maximum atomic E-state index is 5.38. The van der Waals surface area contributed by atoms with Crippen molar-refractivity contribution in [3.8, 4) is 0 Å². The van der Waals surface area contributed by atoms with E-state index in [-0.39, 0.29) is 0 Å². The first-order chi connectivity index (χ1) is 8.79. The fourth-order valence-electron chi connectivity index (χ4n) is 1.90. The van der Waals surface area contributed by atoms with Crippen LogP contribution in [0.15, 0.2) is 41.0 Å². The van der Waals surface area contributed by atoms with Gasteiger partial charge in [-0.05, 0) is 29.7 Å². The van der Waals surface area contributed by atoms with Gasteiger partial charge in [0.2, 0.25) is 0 Å². The largest absolute Gasteiger partial charge is 0.468 e. The summed E-state index contributed by atoms with van der Waals surface area (Å²) in [6.07, 6.45) is 1.73. The Kier molecular flexibility index (Phi) is 4.56. The minimum absolute atomic E-state index is 0.658. The number of hydrogen-bond acceptors (Lipinski definition) is 3. The highest BCUT2D eigenvalue weighted by molar-refractivity contribution is 5.23. The second-order valence-electron chi connectivity index (χ2n) is 4.38. The summed E-state index contributed by atoms with van der Waals surface area (Å²) in [5.74, 6) is 1.00. The second-order valence-corrected chi connectivity index (χ2v) is 4.38. The molecule has 0 saturated heterocycles. The van der Waals surface area contributed by atoms with Gasteiger partial charge in [0.25, 0.3) is 0 Å². The number of aryl methyl sites for hydroxylation is 1. The molecular formula is C15H19NO2. The molecule has 96 valence electrons. The van der Waals surface area contributed by atoms with Crippen molar-refractivity contribution in [3.05, 3.63) is 59.0 Å². The first-order valence-electron chi connectivity index (χ1n) is 6.10. The summed E-state index contributed by atoms with van der Waals surface area (Å²) in [4.78, 5) is 0. The Bertz CT molecular complexity index is 491. The summed E-state index contributed by atoms with van der Waals surface area (Å²) in [5.41, 5.74) is 3.65. The quantitative estimate of drug-likeness (QED) is 0.849. The molecule has 2 aromatic rings. The van der Waals surface area contributed by atoms with Gasteiger partial charge in [0.1, 0.15) is 5.76 Å². The molecule has 0 atom stereocenters. The average Bonchev–Trinajstić information content (AvgIpc) is 2.76. The molecule has 1 aromatic carbocycles. The van der Waals surface area contributed by atoms with Crippen molar-refractivity contribution in [1.29, 1.82) is 0 Å². The van der Waals surface area contributed by atoms with Crippen LogP contribution in [-0.2, 0) is 24.4 Å². The van der Waals surface area contributed by atoms with Crippen LogP contribution in [0.25, 0.3) is 0 Å². The standard InChI is InChI=1S/C15H19NO2/c1-12-6-7-18-15(12)10-16-9-13-4-3-5-14(8-13)11-17-2/h3-8,16H,9-11H2,1-2H3. The Balaban J connectivity index is 1.86. The third kappa shape index (κ3) is 3.45. The van der Waals surface area contributed by atoms with Crippen LogP contribution in [0.2, 0.25) is 0 Å². The van der Waals surface area contributed by atoms with Gasteiger partial charge in [-0.25, -0.2) is 0 Å². The van der Waals surface area contributed by atoms with Crippen LogP contribution < -0.4 is 5.32 Å². The molecule has 0 aliphatic heterocycles. The number of ether oxygens (including phenoxy) is 1. The van der Waals surface area contributed by atoms with Gasteiger partial charge in [0.15, 0.2) is 0 Å². The minimum atomic E-state index is 0.658. The first-order valence-corrected chi connectivity index (χ1v) is 6.10. The van der Waals surface area contributed by atoms with Gasteiger partial charge >= 0.3 is 0 Å². The zero-order valence-corrected chi connectivity index (χ0v) is 10.9. The van der Waals surface area contributed by atoms with Crippen LogP contribution in [0.4, 0.5) is 0 Å². The lowest BCUT2D eigenvalue weighted by Gasteiger charge is -2.06. The second kappa shape index (κ2) is 6.38. The Labute approximate surface area is 108 Å². The van der Waals surface area contributed by atoms with Crippen LogP contribution in [0.5, 0.6) is 0 Å². The highest BCUT2D eigenvalue weighted by atomic mass is 16.5. The number of furan rings is 1. The van der Waals surface area contributed by atoms with E-state index in [1.54, 1.807) is 13.4 Å². The topological polar surface area (TPSA) is 34.4 Å². The monoisotopic (exact) mass is 245 g/mol. The number of methoxy groups -OCH3 is 1. The zero-order chi connectivity index (χ0) is 12.8. The summed E-state index contributed by atoms with van der Waals surface area (Å²) in [7, 11) is 1.71. The maximum absolute atomic E-state index is 5.38. The molecule has 3 nitrogen and oxygen atoms in total. The normalized spacial score (nSPS) is 10.8. The van der Waals surface area contributed by atoms with Gasteiger partial charge in [-0.15, -0.1) is 0 Å². The molecule has 0 bridgehead atoms. The van der Waals surface area contributed by atoms with E-state index in [0.29, 0.717) is 6.61 Å². The highest BCUT2D eigenvalue weighted by Crippen LogP contribution is 2.09. The highest BCUT2D eigenvalue weighted by Gasteiger charge is 2.01. The van der Waals surface area contributed by atoms with E-state index in [4.69, 9.17) is 9.15 Å². The van der Waals surface area contributed by atoms with Crippen LogP contribution >= 0.6 is 0 Å². The molecule has 0 amide bonds. The van der Waals surface area contributed by atoms with E-state index < -0.39 is 0 Å². The molecule has 0 spiro atoms. The van der Waals surface area contributed by atoms with Crippen LogP contribution in [0, 0.1) is 6.92 Å². The average molecular weight is 245 g/mol. The molecule has 1 aromatic heterocycles. The summed E-state index contributed by atoms with van der Waals surface area (Å²) < 4.78 is 10.5. The van der Waals surface area contributed by atoms with Crippen molar-refractivity contribution in [2.75, 3.05) is 7.11 Å². The van der Waals surface area contributed by atoms with Crippen molar-refractivity contribution < 1.29 is 9.15 Å². The Morgan fingerprint density at radius 2 is 2.00 bits per heavy atom. The molecule has 2 rings (SSSR count). The van der Waals surface area contributed by atoms with E-state index in [1.165, 1.54) is 16.7 Å². The number of benzene rings is 1. The van der Waals surface area contributed by atoms with E-state index in [9.17, 15) is 0 Å². The zero-order valence-electron chi connectivity index (χ0n) is 10.9. The van der Waals surface area contributed by atoms with E-state index in [2.05, 4.69) is 36.5 Å². The summed E-state index contributed by atoms with van der Waals surface area (Å²) in [5, 5.41) is 3.38. The van der Waals surface area contributed by atoms with Gasteiger partial charge in [-0.2, -0.15) is 0 Å². The molecule has 0 aliphatic carbocycles. The molecule has 3 heteroatoms. The van der Waals surface area contributed by atoms with Crippen molar-refractivity contribution in [2.24, 2.45) is 0 Å². The number of rotatable bonds is 6. The lowest BCUT2D eigenvalue weighted by Crippen LogP contribution is -2.12. The van der Waals surface area contributed by atoms with Crippen molar-refractivity contribution in [2.45, 2.75) is 26.6 Å². The predicted octanol–water partition coefficient (Wildman–Crippen LogP) is 3.02. The molecule has 0 unspecified atom stereocenters. The molecule has 18 heavy (non-hydrogen) atoms. The fourth-order valence-corrected chi connectivity index (χ4v) is 1.90. The molecule has 0 fully saturated rings. The third-order valence-electron chi connectivity index (χ3n) is 2.89. The molecule has 0 saturated carbocycles. The van der Waals surface area contributed by atoms with Crippen LogP contribution in [0.3, 0.4) is 0 Å². The summed E-state index contributed by atoms with van der Waals surface area (Å²) in [6, 6.07) is 10.4. The molecule has 0 radical (unpaired) electrons. The lowest BCUT2D eigenvalue weighted by atomic mass is 10.1. The molecule has 0 aliphatic rings. The Morgan fingerprint density at radius 1 is 1.17 bits per heavy atom. The van der Waals surface area contributed by atoms with Crippen LogP contribution in [0.1, 0.15) is 22.5 Å².